The smallest absolute Gasteiger partial charge is 0.0118 e. The van der Waals surface area contributed by atoms with E-state index in [1.54, 1.807) is 6.42 Å². The molecule has 2 N–H and O–H groups in total. The van der Waals surface area contributed by atoms with Crippen LogP contribution >= 0.6 is 0 Å². The van der Waals surface area contributed by atoms with Gasteiger partial charge in [-0.15, -0.1) is 0 Å². The van der Waals surface area contributed by atoms with Crippen molar-refractivity contribution < 1.29 is 0 Å². The van der Waals surface area contributed by atoms with E-state index in [1.807, 2.05) is 0 Å². The van der Waals surface area contributed by atoms with Crippen molar-refractivity contribution in [3.63, 3.8) is 0 Å². The molecule has 160 valence electrons. The molecule has 0 radical (unpaired) electrons. The van der Waals surface area contributed by atoms with Crippen molar-refractivity contribution in [3.05, 3.63) is 0 Å². The lowest BCUT2D eigenvalue weighted by Crippen LogP contribution is -2.59. The van der Waals surface area contributed by atoms with E-state index in [-0.39, 0.29) is 0 Å². The van der Waals surface area contributed by atoms with Gasteiger partial charge in [0.1, 0.15) is 0 Å². The second-order valence-electron chi connectivity index (χ2n) is 12.9. The van der Waals surface area contributed by atoms with Crippen LogP contribution in [0, 0.1) is 44.8 Å². The summed E-state index contributed by atoms with van der Waals surface area (Å²) in [5, 5.41) is 7.33. The van der Waals surface area contributed by atoms with Crippen LogP contribution in [-0.4, -0.2) is 26.2 Å². The molecule has 28 heavy (non-hydrogen) atoms. The first-order chi connectivity index (χ1) is 13.1. The van der Waals surface area contributed by atoms with Crippen LogP contribution in [0.15, 0.2) is 0 Å². The van der Waals surface area contributed by atoms with Gasteiger partial charge >= 0.3 is 0 Å². The molecule has 0 aromatic rings. The monoisotopic (exact) mass is 386 g/mol. The van der Waals surface area contributed by atoms with E-state index >= 15 is 0 Å². The zero-order valence-electron chi connectivity index (χ0n) is 19.8. The first-order valence-corrected chi connectivity index (χ1v) is 12.5. The molecule has 0 saturated heterocycles. The first-order valence-electron chi connectivity index (χ1n) is 12.5. The Morgan fingerprint density at radius 2 is 1.43 bits per heavy atom. The molecule has 5 fully saturated rings. The minimum absolute atomic E-state index is 0.460. The molecule has 2 heteroatoms. The van der Waals surface area contributed by atoms with Gasteiger partial charge in [-0.05, 0) is 124 Å². The Balaban J connectivity index is 1.50. The van der Waals surface area contributed by atoms with E-state index in [9.17, 15) is 0 Å². The van der Waals surface area contributed by atoms with Crippen LogP contribution in [-0.2, 0) is 0 Å². The maximum atomic E-state index is 3.70. The van der Waals surface area contributed by atoms with E-state index in [0.717, 1.165) is 17.8 Å². The SMILES string of the molecule is CN[C@H]1CCC23CC24CC[C@]2(C)C([C@@H](C)NC)CC[C@@]2(C)C4CC[C@H]3C1(C)C. The summed E-state index contributed by atoms with van der Waals surface area (Å²) in [5.41, 5.74) is 2.98. The molecule has 0 amide bonds. The molecule has 0 aromatic carbocycles. The van der Waals surface area contributed by atoms with Crippen molar-refractivity contribution in [2.45, 2.75) is 104 Å². The molecule has 5 saturated carbocycles. The second-order valence-corrected chi connectivity index (χ2v) is 12.9. The molecule has 0 bridgehead atoms. The Morgan fingerprint density at radius 1 is 0.750 bits per heavy atom. The highest BCUT2D eigenvalue weighted by Crippen LogP contribution is 2.88. The van der Waals surface area contributed by atoms with Crippen molar-refractivity contribution in [2.24, 2.45) is 44.8 Å². The Hall–Kier alpha value is -0.0800. The fourth-order valence-electron chi connectivity index (χ4n) is 10.9. The van der Waals surface area contributed by atoms with E-state index < -0.39 is 0 Å². The average molecular weight is 387 g/mol. The third-order valence-corrected chi connectivity index (χ3v) is 12.6. The van der Waals surface area contributed by atoms with Crippen LogP contribution in [0.1, 0.15) is 92.4 Å². The van der Waals surface area contributed by atoms with Gasteiger partial charge < -0.3 is 10.6 Å². The van der Waals surface area contributed by atoms with Crippen molar-refractivity contribution in [1.29, 1.82) is 0 Å². The van der Waals surface area contributed by atoms with Crippen LogP contribution in [0.25, 0.3) is 0 Å². The van der Waals surface area contributed by atoms with Gasteiger partial charge in [0.15, 0.2) is 0 Å². The van der Waals surface area contributed by atoms with E-state index in [1.165, 1.54) is 51.4 Å². The van der Waals surface area contributed by atoms with Crippen LogP contribution < -0.4 is 10.6 Å². The van der Waals surface area contributed by atoms with Gasteiger partial charge in [0.05, 0.1) is 0 Å². The third kappa shape index (κ3) is 1.99. The standard InChI is InChI=1S/C26H46N2/c1-17(27-6)18-10-12-24(5)20-9-8-19-22(2,3)21(28-7)11-13-25(19)16-26(20,25)15-14-23(18,24)4/h17-21,27-28H,8-16H2,1-7H3/t17-,18?,19+,20?,21+,23-,24+,25?,26?/m1/s1. The summed E-state index contributed by atoms with van der Waals surface area (Å²) < 4.78 is 0. The Morgan fingerprint density at radius 3 is 2.11 bits per heavy atom. The molecule has 9 atom stereocenters. The molecule has 2 nitrogen and oxygen atoms in total. The molecule has 0 aliphatic heterocycles. The highest BCUT2D eigenvalue weighted by Gasteiger charge is 2.82. The van der Waals surface area contributed by atoms with Gasteiger partial charge in [-0.2, -0.15) is 0 Å². The second kappa shape index (κ2) is 5.78. The minimum Gasteiger partial charge on any atom is -0.317 e. The number of hydrogen-bond donors (Lipinski definition) is 2. The highest BCUT2D eigenvalue weighted by molar-refractivity contribution is 5.31. The first kappa shape index (κ1) is 19.9. The van der Waals surface area contributed by atoms with Crippen LogP contribution in [0.3, 0.4) is 0 Å². The van der Waals surface area contributed by atoms with E-state index in [0.29, 0.717) is 39.2 Å². The molecule has 0 heterocycles. The Labute approximate surface area is 174 Å². The van der Waals surface area contributed by atoms with E-state index in [2.05, 4.69) is 59.3 Å². The van der Waals surface area contributed by atoms with Gasteiger partial charge in [-0.3, -0.25) is 0 Å². The maximum Gasteiger partial charge on any atom is 0.0118 e. The summed E-state index contributed by atoms with van der Waals surface area (Å²) in [4.78, 5) is 0. The highest BCUT2D eigenvalue weighted by atomic mass is 14.9. The summed E-state index contributed by atoms with van der Waals surface area (Å²) in [6.45, 7) is 13.1. The average Bonchev–Trinajstić information content (AvgIpc) is 3.24. The van der Waals surface area contributed by atoms with Gasteiger partial charge in [-0.1, -0.05) is 27.7 Å². The van der Waals surface area contributed by atoms with Crippen molar-refractivity contribution in [3.8, 4) is 0 Å². The zero-order valence-corrected chi connectivity index (χ0v) is 19.8. The summed E-state index contributed by atoms with van der Waals surface area (Å²) in [6, 6.07) is 1.38. The van der Waals surface area contributed by atoms with Crippen LogP contribution in [0.2, 0.25) is 0 Å². The lowest BCUT2D eigenvalue weighted by atomic mass is 9.42. The van der Waals surface area contributed by atoms with Crippen LogP contribution in [0.5, 0.6) is 0 Å². The summed E-state index contributed by atoms with van der Waals surface area (Å²) in [6.07, 6.45) is 13.4. The summed E-state index contributed by atoms with van der Waals surface area (Å²) in [5.74, 6) is 2.80. The predicted octanol–water partition coefficient (Wildman–Crippen LogP) is 5.62. The third-order valence-electron chi connectivity index (χ3n) is 12.6. The number of rotatable bonds is 3. The Bertz CT molecular complexity index is 657. The lowest BCUT2D eigenvalue weighted by molar-refractivity contribution is -0.143. The molecular weight excluding hydrogens is 340 g/mol. The summed E-state index contributed by atoms with van der Waals surface area (Å²) in [7, 11) is 4.38. The molecular formula is C26H46N2. The predicted molar refractivity (Wildman–Crippen MR) is 118 cm³/mol. The molecule has 5 aliphatic carbocycles. The maximum absolute atomic E-state index is 3.70. The number of fused-ring (bicyclic) bond motifs is 2. The molecule has 2 spiro atoms. The normalized spacial score (nSPS) is 57.5. The Kier molecular flexibility index (Phi) is 4.10. The van der Waals surface area contributed by atoms with Gasteiger partial charge in [0.25, 0.3) is 0 Å². The molecule has 5 rings (SSSR count). The van der Waals surface area contributed by atoms with Crippen molar-refractivity contribution in [2.75, 3.05) is 14.1 Å². The topological polar surface area (TPSA) is 24.1 Å². The molecule has 0 aromatic heterocycles. The van der Waals surface area contributed by atoms with Crippen LogP contribution in [0.4, 0.5) is 0 Å². The minimum atomic E-state index is 0.460. The zero-order chi connectivity index (χ0) is 20.2. The summed E-state index contributed by atoms with van der Waals surface area (Å²) >= 11 is 0. The fourth-order valence-corrected chi connectivity index (χ4v) is 10.9. The lowest BCUT2D eigenvalue weighted by Gasteiger charge is -2.63. The van der Waals surface area contributed by atoms with Gasteiger partial charge in [0, 0.05) is 12.1 Å². The largest absolute Gasteiger partial charge is 0.317 e. The van der Waals surface area contributed by atoms with Gasteiger partial charge in [0.2, 0.25) is 0 Å². The van der Waals surface area contributed by atoms with Crippen molar-refractivity contribution >= 4 is 0 Å². The number of nitrogens with one attached hydrogen (secondary N) is 2. The van der Waals surface area contributed by atoms with Gasteiger partial charge in [-0.25, -0.2) is 0 Å². The number of hydrogen-bond acceptors (Lipinski definition) is 2. The molecule has 5 aliphatic rings. The van der Waals surface area contributed by atoms with Crippen molar-refractivity contribution in [1.82, 2.24) is 10.6 Å². The molecule has 4 unspecified atom stereocenters. The van der Waals surface area contributed by atoms with E-state index in [4.69, 9.17) is 0 Å². The quantitative estimate of drug-likeness (QED) is 0.657. The fraction of sp³-hybridized carbons (Fsp3) is 1.00.